The van der Waals surface area contributed by atoms with Crippen LogP contribution < -0.4 is 11.1 Å². The molecule has 0 heterocycles. The summed E-state index contributed by atoms with van der Waals surface area (Å²) in [7, 11) is 0. The van der Waals surface area contributed by atoms with E-state index in [-0.39, 0.29) is 18.2 Å². The third-order valence-corrected chi connectivity index (χ3v) is 3.57. The van der Waals surface area contributed by atoms with Crippen molar-refractivity contribution < 1.29 is 9.53 Å². The summed E-state index contributed by atoms with van der Waals surface area (Å²) in [6.07, 6.45) is 3.05. The Bertz CT molecular complexity index is 285. The van der Waals surface area contributed by atoms with Gasteiger partial charge in [-0.25, -0.2) is 4.79 Å². The first-order valence-corrected chi connectivity index (χ1v) is 6.10. The fourth-order valence-corrected chi connectivity index (χ4v) is 3.03. The Hall–Kier alpha value is -0.770. The van der Waals surface area contributed by atoms with Crippen LogP contribution in [0.3, 0.4) is 0 Å². The first-order chi connectivity index (χ1) is 7.35. The van der Waals surface area contributed by atoms with E-state index < -0.39 is 5.60 Å². The standard InChI is InChI=1S/C12H22N2O2/c1-12(2,3)16-11(15)14-10-6-7-4-8(10)9(13)5-7/h7-10H,4-6,13H2,1-3H3,(H,14,15). The van der Waals surface area contributed by atoms with Crippen LogP contribution in [0.4, 0.5) is 4.79 Å². The number of hydrogen-bond acceptors (Lipinski definition) is 3. The van der Waals surface area contributed by atoms with Crippen LogP contribution in [0.1, 0.15) is 40.0 Å². The van der Waals surface area contributed by atoms with Gasteiger partial charge in [0.1, 0.15) is 5.60 Å². The van der Waals surface area contributed by atoms with E-state index in [2.05, 4.69) is 5.32 Å². The van der Waals surface area contributed by atoms with Crippen molar-refractivity contribution in [1.82, 2.24) is 5.32 Å². The van der Waals surface area contributed by atoms with Gasteiger partial charge in [0.2, 0.25) is 0 Å². The van der Waals surface area contributed by atoms with Gasteiger partial charge in [-0.05, 0) is 51.9 Å². The average molecular weight is 226 g/mol. The SMILES string of the molecule is CC(C)(C)OC(=O)NC1CC2CC(N)C1C2. The van der Waals surface area contributed by atoms with Crippen LogP contribution in [0, 0.1) is 11.8 Å². The molecule has 4 nitrogen and oxygen atoms in total. The molecule has 4 unspecified atom stereocenters. The summed E-state index contributed by atoms with van der Waals surface area (Å²) in [6, 6.07) is 0.488. The molecule has 2 bridgehead atoms. The van der Waals surface area contributed by atoms with Gasteiger partial charge in [-0.1, -0.05) is 0 Å². The third-order valence-electron chi connectivity index (χ3n) is 3.57. The molecule has 0 aromatic carbocycles. The molecular formula is C12H22N2O2. The second-order valence-corrected chi connectivity index (χ2v) is 6.15. The number of hydrogen-bond donors (Lipinski definition) is 2. The predicted molar refractivity (Wildman–Crippen MR) is 62.0 cm³/mol. The van der Waals surface area contributed by atoms with E-state index in [4.69, 9.17) is 10.5 Å². The quantitative estimate of drug-likeness (QED) is 0.714. The van der Waals surface area contributed by atoms with Crippen LogP contribution in [-0.4, -0.2) is 23.8 Å². The molecule has 0 radical (unpaired) electrons. The lowest BCUT2D eigenvalue weighted by Gasteiger charge is -2.29. The molecule has 2 saturated carbocycles. The van der Waals surface area contributed by atoms with Gasteiger partial charge >= 0.3 is 6.09 Å². The molecule has 92 valence electrons. The highest BCUT2D eigenvalue weighted by Crippen LogP contribution is 2.43. The molecule has 0 saturated heterocycles. The molecule has 0 aliphatic heterocycles. The molecule has 4 atom stereocenters. The second kappa shape index (κ2) is 3.91. The van der Waals surface area contributed by atoms with Gasteiger partial charge in [-0.2, -0.15) is 0 Å². The molecule has 0 aromatic rings. The summed E-state index contributed by atoms with van der Waals surface area (Å²) in [4.78, 5) is 11.6. The maximum atomic E-state index is 11.6. The van der Waals surface area contributed by atoms with E-state index in [1.165, 1.54) is 6.42 Å². The van der Waals surface area contributed by atoms with Gasteiger partial charge in [0, 0.05) is 12.1 Å². The minimum absolute atomic E-state index is 0.226. The van der Waals surface area contributed by atoms with Crippen LogP contribution in [0.25, 0.3) is 0 Å². The lowest BCUT2D eigenvalue weighted by atomic mass is 9.91. The zero-order valence-corrected chi connectivity index (χ0v) is 10.3. The Labute approximate surface area is 96.9 Å². The van der Waals surface area contributed by atoms with E-state index in [1.54, 1.807) is 0 Å². The van der Waals surface area contributed by atoms with Crippen molar-refractivity contribution >= 4 is 6.09 Å². The average Bonchev–Trinajstić information content (AvgIpc) is 2.57. The maximum Gasteiger partial charge on any atom is 0.407 e. The lowest BCUT2D eigenvalue weighted by Crippen LogP contribution is -2.47. The van der Waals surface area contributed by atoms with Gasteiger partial charge in [0.25, 0.3) is 0 Å². The van der Waals surface area contributed by atoms with Gasteiger partial charge < -0.3 is 15.8 Å². The zero-order valence-electron chi connectivity index (χ0n) is 10.3. The fraction of sp³-hybridized carbons (Fsp3) is 0.917. The van der Waals surface area contributed by atoms with Crippen molar-refractivity contribution in [2.45, 2.75) is 57.7 Å². The van der Waals surface area contributed by atoms with Crippen LogP contribution in [-0.2, 0) is 4.74 Å². The number of fused-ring (bicyclic) bond motifs is 2. The number of alkyl carbamates (subject to hydrolysis) is 1. The van der Waals surface area contributed by atoms with Crippen molar-refractivity contribution in [3.63, 3.8) is 0 Å². The van der Waals surface area contributed by atoms with Crippen molar-refractivity contribution in [3.05, 3.63) is 0 Å². The number of ether oxygens (including phenoxy) is 1. The van der Waals surface area contributed by atoms with Gasteiger partial charge in [-0.15, -0.1) is 0 Å². The number of rotatable bonds is 1. The van der Waals surface area contributed by atoms with E-state index in [0.29, 0.717) is 11.8 Å². The molecule has 16 heavy (non-hydrogen) atoms. The normalized spacial score (nSPS) is 37.5. The van der Waals surface area contributed by atoms with Gasteiger partial charge in [0.05, 0.1) is 0 Å². The number of nitrogens with two attached hydrogens (primary N) is 1. The summed E-state index contributed by atoms with van der Waals surface area (Å²) < 4.78 is 5.25. The minimum Gasteiger partial charge on any atom is -0.444 e. The van der Waals surface area contributed by atoms with Crippen molar-refractivity contribution in [2.24, 2.45) is 17.6 Å². The molecule has 2 aliphatic carbocycles. The van der Waals surface area contributed by atoms with E-state index in [9.17, 15) is 4.79 Å². The monoisotopic (exact) mass is 226 g/mol. The Morgan fingerprint density at radius 2 is 2.00 bits per heavy atom. The topological polar surface area (TPSA) is 64.3 Å². The molecule has 0 spiro atoms. The Morgan fingerprint density at radius 3 is 2.50 bits per heavy atom. The zero-order chi connectivity index (χ0) is 11.9. The first kappa shape index (κ1) is 11.7. The van der Waals surface area contributed by atoms with E-state index in [0.717, 1.165) is 12.8 Å². The third kappa shape index (κ3) is 2.48. The number of nitrogens with one attached hydrogen (secondary N) is 1. The highest BCUT2D eigenvalue weighted by Gasteiger charge is 2.45. The molecular weight excluding hydrogens is 204 g/mol. The number of carbonyl (C=O) groups is 1. The molecule has 2 aliphatic rings. The van der Waals surface area contributed by atoms with Crippen LogP contribution in [0.15, 0.2) is 0 Å². The molecule has 1 amide bonds. The van der Waals surface area contributed by atoms with Crippen molar-refractivity contribution in [3.8, 4) is 0 Å². The second-order valence-electron chi connectivity index (χ2n) is 6.15. The summed E-state index contributed by atoms with van der Waals surface area (Å²) in [5, 5.41) is 2.96. The van der Waals surface area contributed by atoms with Crippen molar-refractivity contribution in [1.29, 1.82) is 0 Å². The minimum atomic E-state index is -0.427. The number of amides is 1. The summed E-state index contributed by atoms with van der Waals surface area (Å²) in [6.45, 7) is 5.62. The van der Waals surface area contributed by atoms with Gasteiger partial charge in [-0.3, -0.25) is 0 Å². The molecule has 2 rings (SSSR count). The van der Waals surface area contributed by atoms with Gasteiger partial charge in [0.15, 0.2) is 0 Å². The molecule has 2 fully saturated rings. The van der Waals surface area contributed by atoms with E-state index in [1.807, 2.05) is 20.8 Å². The Kier molecular flexibility index (Phi) is 2.86. The highest BCUT2D eigenvalue weighted by molar-refractivity contribution is 5.68. The lowest BCUT2D eigenvalue weighted by molar-refractivity contribution is 0.0484. The summed E-state index contributed by atoms with van der Waals surface area (Å²) >= 11 is 0. The van der Waals surface area contributed by atoms with Crippen molar-refractivity contribution in [2.75, 3.05) is 0 Å². The van der Waals surface area contributed by atoms with Crippen LogP contribution >= 0.6 is 0 Å². The largest absolute Gasteiger partial charge is 0.444 e. The summed E-state index contributed by atoms with van der Waals surface area (Å²) in [5.74, 6) is 1.16. The number of carbonyl (C=O) groups excluding carboxylic acids is 1. The van der Waals surface area contributed by atoms with Crippen LogP contribution in [0.5, 0.6) is 0 Å². The van der Waals surface area contributed by atoms with Crippen LogP contribution in [0.2, 0.25) is 0 Å². The maximum absolute atomic E-state index is 11.6. The van der Waals surface area contributed by atoms with E-state index >= 15 is 0 Å². The Morgan fingerprint density at radius 1 is 1.31 bits per heavy atom. The first-order valence-electron chi connectivity index (χ1n) is 6.10. The smallest absolute Gasteiger partial charge is 0.407 e. The molecule has 0 aromatic heterocycles. The highest BCUT2D eigenvalue weighted by atomic mass is 16.6. The molecule has 4 heteroatoms. The molecule has 3 N–H and O–H groups in total. The Balaban J connectivity index is 1.85. The predicted octanol–water partition coefficient (Wildman–Crippen LogP) is 1.64. The summed E-state index contributed by atoms with van der Waals surface area (Å²) in [5.41, 5.74) is 5.59. The fourth-order valence-electron chi connectivity index (χ4n) is 3.03.